The largest absolute Gasteiger partial charge is 0.319 e. The fourth-order valence-electron chi connectivity index (χ4n) is 3.10. The predicted molar refractivity (Wildman–Crippen MR) is 68.1 cm³/mol. The maximum absolute atomic E-state index is 3.39. The molecule has 0 aromatic rings. The predicted octanol–water partition coefficient (Wildman–Crippen LogP) is 3.98. The van der Waals surface area contributed by atoms with Crippen molar-refractivity contribution in [2.75, 3.05) is 13.6 Å². The zero-order valence-electron chi connectivity index (χ0n) is 10.9. The molecule has 0 amide bonds. The first-order chi connectivity index (χ1) is 7.26. The molecule has 90 valence electrons. The minimum atomic E-state index is 0.636. The van der Waals surface area contributed by atoms with Crippen molar-refractivity contribution in [3.05, 3.63) is 0 Å². The molecule has 1 N–H and O–H groups in total. The molecule has 1 rings (SSSR count). The molecule has 1 nitrogen and oxygen atoms in total. The highest BCUT2D eigenvalue weighted by Gasteiger charge is 2.32. The normalized spacial score (nSPS) is 31.8. The minimum Gasteiger partial charge on any atom is -0.319 e. The molecule has 1 heteroatoms. The molecule has 0 aromatic carbocycles. The van der Waals surface area contributed by atoms with Crippen molar-refractivity contribution in [2.24, 2.45) is 11.3 Å². The molecule has 0 aromatic heterocycles. The Balaban J connectivity index is 2.32. The van der Waals surface area contributed by atoms with Gasteiger partial charge < -0.3 is 5.32 Å². The lowest BCUT2D eigenvalue weighted by atomic mass is 9.68. The van der Waals surface area contributed by atoms with Crippen LogP contribution in [0.3, 0.4) is 0 Å². The van der Waals surface area contributed by atoms with Crippen LogP contribution in [0, 0.1) is 11.3 Å². The summed E-state index contributed by atoms with van der Waals surface area (Å²) in [4.78, 5) is 0. The SMILES string of the molecule is CCCCC1CCC(CC)(CNC)CC1. The molecule has 0 radical (unpaired) electrons. The van der Waals surface area contributed by atoms with E-state index in [0.29, 0.717) is 5.41 Å². The van der Waals surface area contributed by atoms with Crippen LogP contribution in [0.25, 0.3) is 0 Å². The average Bonchev–Trinajstić information content (AvgIpc) is 2.29. The van der Waals surface area contributed by atoms with Gasteiger partial charge >= 0.3 is 0 Å². The summed E-state index contributed by atoms with van der Waals surface area (Å²) in [5.74, 6) is 1.04. The Morgan fingerprint density at radius 2 is 1.87 bits per heavy atom. The standard InChI is InChI=1S/C14H29N/c1-4-6-7-13-8-10-14(5-2,11-9-13)12-15-3/h13,15H,4-12H2,1-3H3. The lowest BCUT2D eigenvalue weighted by Crippen LogP contribution is -2.35. The van der Waals surface area contributed by atoms with Gasteiger partial charge in [0.05, 0.1) is 0 Å². The maximum atomic E-state index is 3.39. The molecule has 1 aliphatic carbocycles. The topological polar surface area (TPSA) is 12.0 Å². The van der Waals surface area contributed by atoms with E-state index in [9.17, 15) is 0 Å². The molecular weight excluding hydrogens is 182 g/mol. The Bertz CT molecular complexity index is 157. The van der Waals surface area contributed by atoms with Crippen LogP contribution in [0.2, 0.25) is 0 Å². The van der Waals surface area contributed by atoms with Gasteiger partial charge in [0.25, 0.3) is 0 Å². The van der Waals surface area contributed by atoms with Gasteiger partial charge in [-0.1, -0.05) is 33.1 Å². The van der Waals surface area contributed by atoms with Gasteiger partial charge in [-0.05, 0) is 50.5 Å². The second-order valence-electron chi connectivity index (χ2n) is 5.47. The molecule has 0 bridgehead atoms. The molecule has 0 heterocycles. The molecule has 1 fully saturated rings. The van der Waals surface area contributed by atoms with Crippen molar-refractivity contribution >= 4 is 0 Å². The Morgan fingerprint density at radius 3 is 2.33 bits per heavy atom. The fraction of sp³-hybridized carbons (Fsp3) is 1.00. The summed E-state index contributed by atoms with van der Waals surface area (Å²) in [6.45, 7) is 5.90. The van der Waals surface area contributed by atoms with Gasteiger partial charge in [0, 0.05) is 6.54 Å². The van der Waals surface area contributed by atoms with Crippen molar-refractivity contribution in [2.45, 2.75) is 65.2 Å². The van der Waals surface area contributed by atoms with Gasteiger partial charge in [0.15, 0.2) is 0 Å². The Kier molecular flexibility index (Phi) is 5.66. The van der Waals surface area contributed by atoms with E-state index in [1.807, 2.05) is 0 Å². The summed E-state index contributed by atoms with van der Waals surface area (Å²) in [6.07, 6.45) is 11.5. The number of rotatable bonds is 6. The fourth-order valence-corrected chi connectivity index (χ4v) is 3.10. The number of unbranched alkanes of at least 4 members (excludes halogenated alkanes) is 1. The summed E-state index contributed by atoms with van der Waals surface area (Å²) >= 11 is 0. The van der Waals surface area contributed by atoms with E-state index < -0.39 is 0 Å². The first kappa shape index (κ1) is 13.0. The molecule has 0 atom stereocenters. The van der Waals surface area contributed by atoms with Crippen molar-refractivity contribution in [1.82, 2.24) is 5.32 Å². The maximum Gasteiger partial charge on any atom is 0.000470 e. The second-order valence-corrected chi connectivity index (χ2v) is 5.47. The summed E-state index contributed by atoms with van der Waals surface area (Å²) in [5.41, 5.74) is 0.636. The zero-order chi connectivity index (χ0) is 11.1. The molecular formula is C14H29N. The Morgan fingerprint density at radius 1 is 1.20 bits per heavy atom. The van der Waals surface area contributed by atoms with E-state index in [4.69, 9.17) is 0 Å². The molecule has 15 heavy (non-hydrogen) atoms. The third-order valence-electron chi connectivity index (χ3n) is 4.43. The van der Waals surface area contributed by atoms with Crippen LogP contribution in [-0.4, -0.2) is 13.6 Å². The molecule has 0 saturated heterocycles. The van der Waals surface area contributed by atoms with Crippen LogP contribution in [0.15, 0.2) is 0 Å². The summed E-state index contributed by atoms with van der Waals surface area (Å²) in [6, 6.07) is 0. The number of nitrogens with one attached hydrogen (secondary N) is 1. The zero-order valence-corrected chi connectivity index (χ0v) is 10.9. The lowest BCUT2D eigenvalue weighted by Gasteiger charge is -2.39. The van der Waals surface area contributed by atoms with Crippen molar-refractivity contribution in [3.63, 3.8) is 0 Å². The smallest absolute Gasteiger partial charge is 0.000470 e. The van der Waals surface area contributed by atoms with Crippen LogP contribution in [-0.2, 0) is 0 Å². The van der Waals surface area contributed by atoms with E-state index in [-0.39, 0.29) is 0 Å². The average molecular weight is 211 g/mol. The molecule has 1 aliphatic rings. The first-order valence-corrected chi connectivity index (χ1v) is 6.91. The van der Waals surface area contributed by atoms with E-state index in [1.54, 1.807) is 0 Å². The third-order valence-corrected chi connectivity index (χ3v) is 4.43. The Labute approximate surface area is 96.0 Å². The van der Waals surface area contributed by atoms with Gasteiger partial charge in [-0.15, -0.1) is 0 Å². The van der Waals surface area contributed by atoms with Crippen molar-refractivity contribution in [1.29, 1.82) is 0 Å². The van der Waals surface area contributed by atoms with Crippen LogP contribution < -0.4 is 5.32 Å². The van der Waals surface area contributed by atoms with Gasteiger partial charge in [-0.3, -0.25) is 0 Å². The van der Waals surface area contributed by atoms with E-state index >= 15 is 0 Å². The second kappa shape index (κ2) is 6.52. The highest BCUT2D eigenvalue weighted by molar-refractivity contribution is 4.86. The molecule has 1 saturated carbocycles. The van der Waals surface area contributed by atoms with Gasteiger partial charge in [0.2, 0.25) is 0 Å². The highest BCUT2D eigenvalue weighted by atomic mass is 14.8. The van der Waals surface area contributed by atoms with Crippen LogP contribution in [0.1, 0.15) is 65.2 Å². The molecule has 0 aliphatic heterocycles. The Hall–Kier alpha value is -0.0400. The van der Waals surface area contributed by atoms with Gasteiger partial charge in [-0.25, -0.2) is 0 Å². The quantitative estimate of drug-likeness (QED) is 0.700. The number of hydrogen-bond donors (Lipinski definition) is 1. The van der Waals surface area contributed by atoms with Crippen LogP contribution in [0.5, 0.6) is 0 Å². The van der Waals surface area contributed by atoms with Crippen LogP contribution in [0.4, 0.5) is 0 Å². The van der Waals surface area contributed by atoms with E-state index in [0.717, 1.165) is 5.92 Å². The highest BCUT2D eigenvalue weighted by Crippen LogP contribution is 2.42. The van der Waals surface area contributed by atoms with Crippen LogP contribution >= 0.6 is 0 Å². The van der Waals surface area contributed by atoms with E-state index in [2.05, 4.69) is 26.2 Å². The van der Waals surface area contributed by atoms with Crippen molar-refractivity contribution in [3.8, 4) is 0 Å². The summed E-state index contributed by atoms with van der Waals surface area (Å²) < 4.78 is 0. The number of hydrogen-bond acceptors (Lipinski definition) is 1. The van der Waals surface area contributed by atoms with Gasteiger partial charge in [0.1, 0.15) is 0 Å². The molecule has 0 unspecified atom stereocenters. The van der Waals surface area contributed by atoms with Gasteiger partial charge in [-0.2, -0.15) is 0 Å². The lowest BCUT2D eigenvalue weighted by molar-refractivity contribution is 0.136. The molecule has 0 spiro atoms. The summed E-state index contributed by atoms with van der Waals surface area (Å²) in [5, 5.41) is 3.39. The minimum absolute atomic E-state index is 0.636. The monoisotopic (exact) mass is 211 g/mol. The summed E-state index contributed by atoms with van der Waals surface area (Å²) in [7, 11) is 2.10. The third kappa shape index (κ3) is 3.79. The van der Waals surface area contributed by atoms with Crippen molar-refractivity contribution < 1.29 is 0 Å². The van der Waals surface area contributed by atoms with E-state index in [1.165, 1.54) is 57.9 Å². The first-order valence-electron chi connectivity index (χ1n) is 6.91.